The maximum absolute atomic E-state index is 9.66. The predicted molar refractivity (Wildman–Crippen MR) is 66.9 cm³/mol. The molecule has 0 aliphatic heterocycles. The van der Waals surface area contributed by atoms with E-state index in [2.05, 4.69) is 24.3 Å². The van der Waals surface area contributed by atoms with Crippen molar-refractivity contribution in [1.29, 1.82) is 0 Å². The number of benzene rings is 1. The molecule has 17 heavy (non-hydrogen) atoms. The molecule has 0 saturated heterocycles. The Kier molecular flexibility index (Phi) is 2.93. The number of hydrogen-bond acceptors (Lipinski definition) is 2. The van der Waals surface area contributed by atoms with E-state index in [0.29, 0.717) is 18.3 Å². The van der Waals surface area contributed by atoms with Gasteiger partial charge in [0.15, 0.2) is 6.29 Å². The first kappa shape index (κ1) is 11.2. The Hall–Kier alpha value is -0.860. The Balaban J connectivity index is 1.86. The maximum Gasteiger partial charge on any atom is 0.154 e. The lowest BCUT2D eigenvalue weighted by atomic mass is 9.65. The summed E-state index contributed by atoms with van der Waals surface area (Å²) < 4.78 is 5.79. The van der Waals surface area contributed by atoms with Crippen LogP contribution in [0.1, 0.15) is 55.6 Å². The van der Waals surface area contributed by atoms with Crippen LogP contribution >= 0.6 is 0 Å². The summed E-state index contributed by atoms with van der Waals surface area (Å²) in [5, 5.41) is 9.66. The van der Waals surface area contributed by atoms with Gasteiger partial charge in [-0.1, -0.05) is 31.2 Å². The Morgan fingerprint density at radius 2 is 2.06 bits per heavy atom. The quantitative estimate of drug-likeness (QED) is 0.811. The zero-order valence-corrected chi connectivity index (χ0v) is 10.3. The predicted octanol–water partition coefficient (Wildman–Crippen LogP) is 3.16. The molecule has 4 rings (SSSR count). The van der Waals surface area contributed by atoms with Crippen LogP contribution in [-0.2, 0) is 4.74 Å². The molecular formula is C15H20O2. The van der Waals surface area contributed by atoms with Crippen LogP contribution in [0.3, 0.4) is 0 Å². The SMILES string of the molecule is CCC(O)OC1CC2CCC1c1ccccc12. The molecule has 1 N–H and O–H groups in total. The van der Waals surface area contributed by atoms with Gasteiger partial charge in [0, 0.05) is 5.92 Å². The van der Waals surface area contributed by atoms with Crippen LogP contribution in [-0.4, -0.2) is 17.5 Å². The lowest BCUT2D eigenvalue weighted by molar-refractivity contribution is -0.154. The van der Waals surface area contributed by atoms with Crippen molar-refractivity contribution in [3.05, 3.63) is 35.4 Å². The van der Waals surface area contributed by atoms with Gasteiger partial charge in [-0.3, -0.25) is 0 Å². The zero-order chi connectivity index (χ0) is 11.8. The molecule has 1 saturated carbocycles. The molecule has 3 aliphatic carbocycles. The van der Waals surface area contributed by atoms with Crippen molar-refractivity contribution in [3.63, 3.8) is 0 Å². The van der Waals surface area contributed by atoms with E-state index in [-0.39, 0.29) is 6.10 Å². The third kappa shape index (κ3) is 1.90. The Labute approximate surface area is 103 Å². The van der Waals surface area contributed by atoms with Gasteiger partial charge in [-0.05, 0) is 42.7 Å². The summed E-state index contributed by atoms with van der Waals surface area (Å²) in [6.45, 7) is 1.96. The minimum atomic E-state index is -0.591. The third-order valence-corrected chi connectivity index (χ3v) is 4.31. The minimum Gasteiger partial charge on any atom is -0.368 e. The molecule has 4 unspecified atom stereocenters. The van der Waals surface area contributed by atoms with E-state index in [9.17, 15) is 5.11 Å². The van der Waals surface area contributed by atoms with Gasteiger partial charge in [-0.2, -0.15) is 0 Å². The van der Waals surface area contributed by atoms with Gasteiger partial charge >= 0.3 is 0 Å². The summed E-state index contributed by atoms with van der Waals surface area (Å²) in [4.78, 5) is 0. The summed E-state index contributed by atoms with van der Waals surface area (Å²) >= 11 is 0. The fourth-order valence-electron chi connectivity index (χ4n) is 3.44. The number of aliphatic hydroxyl groups excluding tert-OH is 1. The van der Waals surface area contributed by atoms with Crippen LogP contribution in [0.2, 0.25) is 0 Å². The van der Waals surface area contributed by atoms with Crippen LogP contribution in [0.5, 0.6) is 0 Å². The standard InChI is InChI=1S/C15H20O2/c1-2-15(16)17-14-9-10-7-8-13(14)12-6-4-3-5-11(10)12/h3-6,10,13-16H,2,7-9H2,1H3. The molecule has 0 heterocycles. The largest absolute Gasteiger partial charge is 0.368 e. The van der Waals surface area contributed by atoms with Gasteiger partial charge in [0.25, 0.3) is 0 Å². The van der Waals surface area contributed by atoms with Gasteiger partial charge in [0.1, 0.15) is 0 Å². The highest BCUT2D eigenvalue weighted by atomic mass is 16.6. The molecule has 1 aromatic carbocycles. The molecule has 0 radical (unpaired) electrons. The Morgan fingerprint density at radius 3 is 2.82 bits per heavy atom. The van der Waals surface area contributed by atoms with Gasteiger partial charge < -0.3 is 9.84 Å². The molecule has 4 atom stereocenters. The second-order valence-corrected chi connectivity index (χ2v) is 5.28. The molecule has 2 nitrogen and oxygen atoms in total. The average molecular weight is 232 g/mol. The van der Waals surface area contributed by atoms with Gasteiger partial charge in [0.2, 0.25) is 0 Å². The fraction of sp³-hybridized carbons (Fsp3) is 0.600. The fourth-order valence-corrected chi connectivity index (χ4v) is 3.44. The first-order chi connectivity index (χ1) is 8.29. The third-order valence-electron chi connectivity index (χ3n) is 4.31. The Bertz CT molecular complexity index is 402. The van der Waals surface area contributed by atoms with Gasteiger partial charge in [-0.15, -0.1) is 0 Å². The first-order valence-corrected chi connectivity index (χ1v) is 6.72. The Morgan fingerprint density at radius 1 is 1.29 bits per heavy atom. The highest BCUT2D eigenvalue weighted by molar-refractivity contribution is 5.39. The molecule has 3 aliphatic rings. The smallest absolute Gasteiger partial charge is 0.154 e. The minimum absolute atomic E-state index is 0.221. The number of hydrogen-bond donors (Lipinski definition) is 1. The van der Waals surface area contributed by atoms with E-state index in [1.54, 1.807) is 0 Å². The van der Waals surface area contributed by atoms with Crippen molar-refractivity contribution in [1.82, 2.24) is 0 Å². The van der Waals surface area contributed by atoms with E-state index >= 15 is 0 Å². The second kappa shape index (κ2) is 4.43. The lowest BCUT2D eigenvalue weighted by Crippen LogP contribution is -2.37. The van der Waals surface area contributed by atoms with Crippen molar-refractivity contribution in [2.75, 3.05) is 0 Å². The van der Waals surface area contributed by atoms with Crippen molar-refractivity contribution in [3.8, 4) is 0 Å². The second-order valence-electron chi connectivity index (χ2n) is 5.28. The first-order valence-electron chi connectivity index (χ1n) is 6.72. The van der Waals surface area contributed by atoms with Crippen LogP contribution in [0.15, 0.2) is 24.3 Å². The molecule has 92 valence electrons. The molecule has 0 spiro atoms. The van der Waals surface area contributed by atoms with Crippen molar-refractivity contribution in [2.45, 2.75) is 56.8 Å². The number of aliphatic hydroxyl groups is 1. The normalized spacial score (nSPS) is 32.2. The summed E-state index contributed by atoms with van der Waals surface area (Å²) in [6, 6.07) is 8.75. The summed E-state index contributed by atoms with van der Waals surface area (Å²) in [7, 11) is 0. The molecule has 2 heteroatoms. The number of ether oxygens (including phenoxy) is 1. The number of rotatable bonds is 3. The van der Waals surface area contributed by atoms with E-state index < -0.39 is 6.29 Å². The summed E-state index contributed by atoms with van der Waals surface area (Å²) in [5.41, 5.74) is 2.98. The van der Waals surface area contributed by atoms with E-state index in [1.165, 1.54) is 24.0 Å². The summed E-state index contributed by atoms with van der Waals surface area (Å²) in [6.07, 6.45) is 3.88. The van der Waals surface area contributed by atoms with Crippen LogP contribution < -0.4 is 0 Å². The average Bonchev–Trinajstić information content (AvgIpc) is 2.39. The topological polar surface area (TPSA) is 29.5 Å². The molecule has 0 amide bonds. The zero-order valence-electron chi connectivity index (χ0n) is 10.3. The van der Waals surface area contributed by atoms with E-state index in [1.807, 2.05) is 6.92 Å². The summed E-state index contributed by atoms with van der Waals surface area (Å²) in [5.74, 6) is 1.14. The van der Waals surface area contributed by atoms with Crippen LogP contribution in [0, 0.1) is 0 Å². The van der Waals surface area contributed by atoms with Crippen molar-refractivity contribution in [2.24, 2.45) is 0 Å². The van der Waals surface area contributed by atoms with Crippen molar-refractivity contribution >= 4 is 0 Å². The van der Waals surface area contributed by atoms with Gasteiger partial charge in [-0.25, -0.2) is 0 Å². The van der Waals surface area contributed by atoms with E-state index in [4.69, 9.17) is 4.74 Å². The molecule has 0 aromatic heterocycles. The lowest BCUT2D eigenvalue weighted by Gasteiger charge is -2.44. The highest BCUT2D eigenvalue weighted by Gasteiger charge is 2.40. The number of fused-ring (bicyclic) bond motifs is 2. The molecule has 1 fully saturated rings. The monoisotopic (exact) mass is 232 g/mol. The van der Waals surface area contributed by atoms with E-state index in [0.717, 1.165) is 6.42 Å². The van der Waals surface area contributed by atoms with Crippen LogP contribution in [0.25, 0.3) is 0 Å². The molecule has 1 aromatic rings. The van der Waals surface area contributed by atoms with Gasteiger partial charge in [0.05, 0.1) is 6.10 Å². The van der Waals surface area contributed by atoms with Crippen molar-refractivity contribution < 1.29 is 9.84 Å². The van der Waals surface area contributed by atoms with Crippen LogP contribution in [0.4, 0.5) is 0 Å². The highest BCUT2D eigenvalue weighted by Crippen LogP contribution is 2.50. The molecule has 2 bridgehead atoms. The molecular weight excluding hydrogens is 212 g/mol. The maximum atomic E-state index is 9.66.